The third-order valence-corrected chi connectivity index (χ3v) is 2.87. The molecule has 2 unspecified atom stereocenters. The summed E-state index contributed by atoms with van der Waals surface area (Å²) in [6.45, 7) is 4.15. The Morgan fingerprint density at radius 1 is 1.39 bits per heavy atom. The largest absolute Gasteiger partial charge is 0.479 e. The molecule has 2 N–H and O–H groups in total. The average molecular weight is 252 g/mol. The molecule has 2 atom stereocenters. The van der Waals surface area contributed by atoms with Crippen molar-refractivity contribution in [3.8, 4) is 0 Å². The van der Waals surface area contributed by atoms with Crippen LogP contribution in [0, 0.1) is 0 Å². The maximum absolute atomic E-state index is 10.6. The quantitative estimate of drug-likeness (QED) is 0.855. The SMILES string of the molecule is CC1(C)OCC(c2ccc(C(O)C(=O)O)cc2)O1. The van der Waals surface area contributed by atoms with Gasteiger partial charge in [0, 0.05) is 0 Å². The number of aliphatic hydroxyl groups excluding tert-OH is 1. The Morgan fingerprint density at radius 2 is 2.00 bits per heavy atom. The minimum atomic E-state index is -1.49. The van der Waals surface area contributed by atoms with E-state index in [0.717, 1.165) is 5.56 Å². The van der Waals surface area contributed by atoms with Crippen LogP contribution >= 0.6 is 0 Å². The lowest BCUT2D eigenvalue weighted by atomic mass is 10.0. The van der Waals surface area contributed by atoms with Gasteiger partial charge in [-0.2, -0.15) is 0 Å². The molecule has 0 amide bonds. The van der Waals surface area contributed by atoms with E-state index >= 15 is 0 Å². The Bertz CT molecular complexity index is 437. The van der Waals surface area contributed by atoms with Gasteiger partial charge in [-0.15, -0.1) is 0 Å². The van der Waals surface area contributed by atoms with Crippen LogP contribution in [0.1, 0.15) is 37.2 Å². The highest BCUT2D eigenvalue weighted by atomic mass is 16.7. The van der Waals surface area contributed by atoms with Crippen LogP contribution in [0.15, 0.2) is 24.3 Å². The standard InChI is InChI=1S/C13H16O5/c1-13(2)17-7-10(18-13)8-3-5-9(6-4-8)11(14)12(15)16/h3-6,10-11,14H,7H2,1-2H3,(H,15,16). The van der Waals surface area contributed by atoms with Crippen LogP contribution in [-0.2, 0) is 14.3 Å². The molecule has 0 radical (unpaired) electrons. The molecular formula is C13H16O5. The fraction of sp³-hybridized carbons (Fsp3) is 0.462. The van der Waals surface area contributed by atoms with E-state index in [1.54, 1.807) is 24.3 Å². The predicted octanol–water partition coefficient (Wildman–Crippen LogP) is 1.63. The van der Waals surface area contributed by atoms with Crippen molar-refractivity contribution in [1.29, 1.82) is 0 Å². The summed E-state index contributed by atoms with van der Waals surface area (Å²) in [6, 6.07) is 6.67. The van der Waals surface area contributed by atoms with E-state index in [2.05, 4.69) is 0 Å². The van der Waals surface area contributed by atoms with Crippen molar-refractivity contribution in [3.05, 3.63) is 35.4 Å². The lowest BCUT2D eigenvalue weighted by molar-refractivity contribution is -0.146. The van der Waals surface area contributed by atoms with Gasteiger partial charge in [0.2, 0.25) is 0 Å². The fourth-order valence-electron chi connectivity index (χ4n) is 1.89. The minimum absolute atomic E-state index is 0.156. The molecule has 1 aromatic rings. The highest BCUT2D eigenvalue weighted by Gasteiger charge is 2.33. The first-order valence-electron chi connectivity index (χ1n) is 5.71. The van der Waals surface area contributed by atoms with Gasteiger partial charge in [-0.05, 0) is 25.0 Å². The fourth-order valence-corrected chi connectivity index (χ4v) is 1.89. The van der Waals surface area contributed by atoms with E-state index in [9.17, 15) is 9.90 Å². The summed E-state index contributed by atoms with van der Waals surface area (Å²) >= 11 is 0. The van der Waals surface area contributed by atoms with Crippen molar-refractivity contribution >= 4 is 5.97 Å². The van der Waals surface area contributed by atoms with E-state index in [1.807, 2.05) is 13.8 Å². The predicted molar refractivity (Wildman–Crippen MR) is 62.9 cm³/mol. The van der Waals surface area contributed by atoms with E-state index in [-0.39, 0.29) is 6.10 Å². The Morgan fingerprint density at radius 3 is 2.44 bits per heavy atom. The zero-order valence-electron chi connectivity index (χ0n) is 10.3. The summed E-state index contributed by atoms with van der Waals surface area (Å²) < 4.78 is 11.1. The van der Waals surface area contributed by atoms with Crippen LogP contribution in [0.25, 0.3) is 0 Å². The van der Waals surface area contributed by atoms with Crippen molar-refractivity contribution in [3.63, 3.8) is 0 Å². The van der Waals surface area contributed by atoms with Gasteiger partial charge in [-0.25, -0.2) is 4.79 Å². The number of rotatable bonds is 3. The number of benzene rings is 1. The summed E-state index contributed by atoms with van der Waals surface area (Å²) in [5, 5.41) is 18.1. The maximum atomic E-state index is 10.6. The van der Waals surface area contributed by atoms with E-state index in [1.165, 1.54) is 0 Å². The Labute approximate surface area is 105 Å². The van der Waals surface area contributed by atoms with Crippen LogP contribution in [0.5, 0.6) is 0 Å². The third kappa shape index (κ3) is 2.69. The van der Waals surface area contributed by atoms with Crippen LogP contribution in [0.3, 0.4) is 0 Å². The molecule has 1 aromatic carbocycles. The number of aliphatic hydroxyl groups is 1. The van der Waals surface area contributed by atoms with Gasteiger partial charge in [0.25, 0.3) is 0 Å². The molecule has 1 fully saturated rings. The molecule has 5 heteroatoms. The number of hydrogen-bond donors (Lipinski definition) is 2. The molecule has 1 aliphatic rings. The summed E-state index contributed by atoms with van der Waals surface area (Å²) in [6.07, 6.45) is -1.65. The van der Waals surface area contributed by atoms with E-state index < -0.39 is 17.9 Å². The summed E-state index contributed by atoms with van der Waals surface area (Å²) in [5.74, 6) is -1.85. The molecule has 5 nitrogen and oxygen atoms in total. The molecule has 0 aliphatic carbocycles. The molecule has 0 spiro atoms. The van der Waals surface area contributed by atoms with Gasteiger partial charge in [-0.3, -0.25) is 0 Å². The molecular weight excluding hydrogens is 236 g/mol. The van der Waals surface area contributed by atoms with Crippen molar-refractivity contribution in [1.82, 2.24) is 0 Å². The van der Waals surface area contributed by atoms with Crippen molar-refractivity contribution in [2.75, 3.05) is 6.61 Å². The maximum Gasteiger partial charge on any atom is 0.337 e. The number of carboxylic acid groups (broad SMARTS) is 1. The zero-order chi connectivity index (χ0) is 13.3. The zero-order valence-corrected chi connectivity index (χ0v) is 10.3. The molecule has 0 aromatic heterocycles. The molecule has 0 bridgehead atoms. The highest BCUT2D eigenvalue weighted by Crippen LogP contribution is 2.33. The van der Waals surface area contributed by atoms with Gasteiger partial charge in [0.05, 0.1) is 6.61 Å². The molecule has 1 heterocycles. The second kappa shape index (κ2) is 4.68. The smallest absolute Gasteiger partial charge is 0.337 e. The Kier molecular flexibility index (Phi) is 3.38. The van der Waals surface area contributed by atoms with Crippen LogP contribution in [0.4, 0.5) is 0 Å². The first kappa shape index (κ1) is 13.0. The van der Waals surface area contributed by atoms with E-state index in [0.29, 0.717) is 12.2 Å². The monoisotopic (exact) mass is 252 g/mol. The van der Waals surface area contributed by atoms with E-state index in [4.69, 9.17) is 14.6 Å². The highest BCUT2D eigenvalue weighted by molar-refractivity contribution is 5.73. The van der Waals surface area contributed by atoms with Gasteiger partial charge in [0.15, 0.2) is 11.9 Å². The van der Waals surface area contributed by atoms with Gasteiger partial charge in [0.1, 0.15) is 6.10 Å². The number of hydrogen-bond acceptors (Lipinski definition) is 4. The van der Waals surface area contributed by atoms with Crippen molar-refractivity contribution in [2.45, 2.75) is 31.8 Å². The first-order chi connectivity index (χ1) is 8.39. The lowest BCUT2D eigenvalue weighted by Gasteiger charge is -2.17. The van der Waals surface area contributed by atoms with Gasteiger partial charge >= 0.3 is 5.97 Å². The average Bonchev–Trinajstić information content (AvgIpc) is 2.69. The minimum Gasteiger partial charge on any atom is -0.479 e. The molecule has 1 aliphatic heterocycles. The van der Waals surface area contributed by atoms with Crippen LogP contribution in [-0.4, -0.2) is 28.6 Å². The molecule has 18 heavy (non-hydrogen) atoms. The Balaban J connectivity index is 2.11. The number of carboxylic acids is 1. The summed E-state index contributed by atoms with van der Waals surface area (Å²) in [7, 11) is 0. The van der Waals surface area contributed by atoms with Crippen molar-refractivity contribution < 1.29 is 24.5 Å². The van der Waals surface area contributed by atoms with Crippen molar-refractivity contribution in [2.24, 2.45) is 0 Å². The second-order valence-corrected chi connectivity index (χ2v) is 4.72. The van der Waals surface area contributed by atoms with Crippen LogP contribution < -0.4 is 0 Å². The summed E-state index contributed by atoms with van der Waals surface area (Å²) in [4.78, 5) is 10.6. The second-order valence-electron chi connectivity index (χ2n) is 4.72. The topological polar surface area (TPSA) is 76.0 Å². The normalized spacial score (nSPS) is 23.8. The number of ether oxygens (including phenoxy) is 2. The van der Waals surface area contributed by atoms with Crippen LogP contribution in [0.2, 0.25) is 0 Å². The lowest BCUT2D eigenvalue weighted by Crippen LogP contribution is -2.19. The van der Waals surface area contributed by atoms with Gasteiger partial charge in [-0.1, -0.05) is 24.3 Å². The van der Waals surface area contributed by atoms with Gasteiger partial charge < -0.3 is 19.7 Å². The molecule has 2 rings (SSSR count). The molecule has 98 valence electrons. The molecule has 1 saturated heterocycles. The Hall–Kier alpha value is -1.43. The summed E-state index contributed by atoms with van der Waals surface area (Å²) in [5.41, 5.74) is 1.26. The molecule has 0 saturated carbocycles. The third-order valence-electron chi connectivity index (χ3n) is 2.87. The number of aliphatic carboxylic acids is 1. The first-order valence-corrected chi connectivity index (χ1v) is 5.71. The number of carbonyl (C=O) groups is 1.